The molecule has 0 fully saturated rings. The second kappa shape index (κ2) is 7.46. The molecule has 126 valence electrons. The van der Waals surface area contributed by atoms with Crippen LogP contribution in [0.15, 0.2) is 47.9 Å². The lowest BCUT2D eigenvalue weighted by Crippen LogP contribution is -2.11. The first-order chi connectivity index (χ1) is 11.2. The van der Waals surface area contributed by atoms with Gasteiger partial charge in [-0.25, -0.2) is 12.8 Å². The highest BCUT2D eigenvalue weighted by Crippen LogP contribution is 2.21. The lowest BCUT2D eigenvalue weighted by atomic mass is 10.2. The Balaban J connectivity index is 2.16. The number of carbonyl (C=O) groups is 1. The van der Waals surface area contributed by atoms with Gasteiger partial charge in [-0.15, -0.1) is 0 Å². The molecule has 0 unspecified atom stereocenters. The highest BCUT2D eigenvalue weighted by Gasteiger charge is 2.09. The zero-order chi connectivity index (χ0) is 17.7. The highest BCUT2D eigenvalue weighted by atomic mass is 35.5. The number of amides is 1. The lowest BCUT2D eigenvalue weighted by Gasteiger charge is -2.08. The molecule has 0 saturated heterocycles. The smallest absolute Gasteiger partial charge is 0.255 e. The Labute approximate surface area is 144 Å². The van der Waals surface area contributed by atoms with Crippen LogP contribution in [0.3, 0.4) is 0 Å². The van der Waals surface area contributed by atoms with Crippen LogP contribution in [0.4, 0.5) is 15.8 Å². The van der Waals surface area contributed by atoms with E-state index in [0.29, 0.717) is 10.6 Å². The van der Waals surface area contributed by atoms with E-state index < -0.39 is 21.7 Å². The minimum atomic E-state index is -3.80. The summed E-state index contributed by atoms with van der Waals surface area (Å²) in [6.45, 7) is 1.23. The van der Waals surface area contributed by atoms with Gasteiger partial charge >= 0.3 is 0 Å². The fourth-order valence-corrected chi connectivity index (χ4v) is 2.80. The molecule has 0 atom stereocenters. The van der Waals surface area contributed by atoms with E-state index in [2.05, 4.69) is 10.0 Å². The number of rotatable bonds is 5. The van der Waals surface area contributed by atoms with Crippen LogP contribution < -0.4 is 10.0 Å². The van der Waals surface area contributed by atoms with Crippen molar-refractivity contribution in [2.24, 2.45) is 0 Å². The first-order valence-electron chi connectivity index (χ1n) is 6.79. The van der Waals surface area contributed by atoms with Crippen molar-refractivity contribution in [3.8, 4) is 0 Å². The molecule has 0 aromatic heterocycles. The topological polar surface area (TPSA) is 75.3 Å². The zero-order valence-electron chi connectivity index (χ0n) is 12.6. The van der Waals surface area contributed by atoms with E-state index in [1.165, 1.54) is 25.1 Å². The molecule has 2 rings (SSSR count). The molecule has 0 bridgehead atoms. The average Bonchev–Trinajstić information content (AvgIpc) is 2.49. The Morgan fingerprint density at radius 3 is 2.46 bits per heavy atom. The molecule has 24 heavy (non-hydrogen) atoms. The molecule has 0 aliphatic heterocycles. The van der Waals surface area contributed by atoms with Gasteiger partial charge in [0.05, 0.1) is 16.8 Å². The normalized spacial score (nSPS) is 11.5. The fourth-order valence-electron chi connectivity index (χ4n) is 1.81. The largest absolute Gasteiger partial charge is 0.324 e. The third kappa shape index (κ3) is 5.36. The Hall–Kier alpha value is -2.38. The van der Waals surface area contributed by atoms with Crippen molar-refractivity contribution in [2.45, 2.75) is 6.92 Å². The van der Waals surface area contributed by atoms with Gasteiger partial charge in [-0.05, 0) is 42.0 Å². The van der Waals surface area contributed by atoms with Crippen LogP contribution in [0.5, 0.6) is 0 Å². The summed E-state index contributed by atoms with van der Waals surface area (Å²) in [4.78, 5) is 11.0. The third-order valence-corrected chi connectivity index (χ3v) is 4.11. The first-order valence-corrected chi connectivity index (χ1v) is 8.71. The van der Waals surface area contributed by atoms with Crippen LogP contribution in [0.2, 0.25) is 5.02 Å². The molecule has 2 aromatic carbocycles. The number of halogens is 2. The molecule has 2 aromatic rings. The van der Waals surface area contributed by atoms with Gasteiger partial charge in [0.15, 0.2) is 0 Å². The van der Waals surface area contributed by atoms with E-state index in [1.807, 2.05) is 0 Å². The molecular weight excluding hydrogens is 355 g/mol. The third-order valence-electron chi connectivity index (χ3n) is 2.85. The molecule has 0 radical (unpaired) electrons. The molecule has 8 heteroatoms. The van der Waals surface area contributed by atoms with E-state index in [0.717, 1.165) is 11.5 Å². The molecule has 1 amide bonds. The SMILES string of the molecule is CC(=O)Nc1cc(NS(=O)(=O)/C=C/c2ccc(Cl)cc2)ccc1F. The highest BCUT2D eigenvalue weighted by molar-refractivity contribution is 7.95. The lowest BCUT2D eigenvalue weighted by molar-refractivity contribution is -0.114. The number of anilines is 2. The summed E-state index contributed by atoms with van der Waals surface area (Å²) >= 11 is 5.76. The minimum absolute atomic E-state index is 0.107. The molecule has 0 saturated carbocycles. The number of hydrogen-bond donors (Lipinski definition) is 2. The second-order valence-corrected chi connectivity index (χ2v) is 6.88. The van der Waals surface area contributed by atoms with Crippen LogP contribution >= 0.6 is 11.6 Å². The molecule has 0 spiro atoms. The fraction of sp³-hybridized carbons (Fsp3) is 0.0625. The summed E-state index contributed by atoms with van der Waals surface area (Å²) in [5, 5.41) is 3.81. The summed E-state index contributed by atoms with van der Waals surface area (Å²) in [6.07, 6.45) is 1.40. The number of hydrogen-bond acceptors (Lipinski definition) is 3. The Bertz CT molecular complexity index is 881. The van der Waals surface area contributed by atoms with Gasteiger partial charge < -0.3 is 5.32 Å². The average molecular weight is 369 g/mol. The first kappa shape index (κ1) is 18.0. The van der Waals surface area contributed by atoms with Crippen LogP contribution in [-0.4, -0.2) is 14.3 Å². The maximum Gasteiger partial charge on any atom is 0.255 e. The van der Waals surface area contributed by atoms with Crippen molar-refractivity contribution in [2.75, 3.05) is 10.0 Å². The van der Waals surface area contributed by atoms with Crippen molar-refractivity contribution in [1.82, 2.24) is 0 Å². The summed E-state index contributed by atoms with van der Waals surface area (Å²) in [5.74, 6) is -1.12. The van der Waals surface area contributed by atoms with Crippen LogP contribution in [0.1, 0.15) is 12.5 Å². The summed E-state index contributed by atoms with van der Waals surface area (Å²) in [7, 11) is -3.80. The zero-order valence-corrected chi connectivity index (χ0v) is 14.2. The van der Waals surface area contributed by atoms with E-state index in [9.17, 15) is 17.6 Å². The molecular formula is C16H14ClFN2O3S. The molecule has 0 aliphatic carbocycles. The number of carbonyl (C=O) groups excluding carboxylic acids is 1. The van der Waals surface area contributed by atoms with Crippen LogP contribution in [-0.2, 0) is 14.8 Å². The van der Waals surface area contributed by atoms with Gasteiger partial charge in [0.1, 0.15) is 5.82 Å². The number of nitrogens with one attached hydrogen (secondary N) is 2. The maximum atomic E-state index is 13.5. The van der Waals surface area contributed by atoms with E-state index in [4.69, 9.17) is 11.6 Å². The predicted octanol–water partition coefficient (Wildman–Crippen LogP) is 3.85. The molecule has 0 heterocycles. The number of benzene rings is 2. The van der Waals surface area contributed by atoms with Gasteiger partial charge in [0, 0.05) is 11.9 Å². The van der Waals surface area contributed by atoms with Gasteiger partial charge in [0.25, 0.3) is 10.0 Å². The van der Waals surface area contributed by atoms with Crippen molar-refractivity contribution in [3.05, 3.63) is 64.3 Å². The Morgan fingerprint density at radius 1 is 1.17 bits per heavy atom. The van der Waals surface area contributed by atoms with Crippen molar-refractivity contribution in [1.29, 1.82) is 0 Å². The molecule has 5 nitrogen and oxygen atoms in total. The van der Waals surface area contributed by atoms with E-state index >= 15 is 0 Å². The summed E-state index contributed by atoms with van der Waals surface area (Å²) in [6, 6.07) is 10.1. The second-order valence-electron chi connectivity index (χ2n) is 4.88. The van der Waals surface area contributed by atoms with Gasteiger partial charge in [-0.1, -0.05) is 23.7 Å². The van der Waals surface area contributed by atoms with Gasteiger partial charge in [0.2, 0.25) is 5.91 Å². The monoisotopic (exact) mass is 368 g/mol. The number of sulfonamides is 1. The Kier molecular flexibility index (Phi) is 5.58. The van der Waals surface area contributed by atoms with Crippen molar-refractivity contribution < 1.29 is 17.6 Å². The standard InChI is InChI=1S/C16H14ClFN2O3S/c1-11(21)19-16-10-14(6-7-15(16)18)20-24(22,23)9-8-12-2-4-13(17)5-3-12/h2-10,20H,1H3,(H,19,21)/b9-8+. The van der Waals surface area contributed by atoms with Crippen molar-refractivity contribution >= 4 is 45.0 Å². The molecule has 2 N–H and O–H groups in total. The van der Waals surface area contributed by atoms with Gasteiger partial charge in [-0.2, -0.15) is 0 Å². The molecule has 0 aliphatic rings. The predicted molar refractivity (Wildman–Crippen MR) is 93.7 cm³/mol. The van der Waals surface area contributed by atoms with Crippen LogP contribution in [0.25, 0.3) is 6.08 Å². The maximum absolute atomic E-state index is 13.5. The van der Waals surface area contributed by atoms with E-state index in [-0.39, 0.29) is 11.4 Å². The summed E-state index contributed by atoms with van der Waals surface area (Å²) < 4.78 is 39.9. The van der Waals surface area contributed by atoms with Crippen molar-refractivity contribution in [3.63, 3.8) is 0 Å². The van der Waals surface area contributed by atoms with E-state index in [1.54, 1.807) is 24.3 Å². The summed E-state index contributed by atoms with van der Waals surface area (Å²) in [5.41, 5.74) is 0.674. The quantitative estimate of drug-likeness (QED) is 0.841. The van der Waals surface area contributed by atoms with Gasteiger partial charge in [-0.3, -0.25) is 9.52 Å². The van der Waals surface area contributed by atoms with Crippen LogP contribution in [0, 0.1) is 5.82 Å². The Morgan fingerprint density at radius 2 is 1.83 bits per heavy atom. The minimum Gasteiger partial charge on any atom is -0.324 e.